The number of anilines is 1. The van der Waals surface area contributed by atoms with Crippen LogP contribution in [0.1, 0.15) is 19.8 Å². The highest BCUT2D eigenvalue weighted by Gasteiger charge is 2.47. The van der Waals surface area contributed by atoms with E-state index in [2.05, 4.69) is 32.5 Å². The fraction of sp³-hybridized carbons (Fsp3) is 0.429. The smallest absolute Gasteiger partial charge is 0.245 e. The van der Waals surface area contributed by atoms with E-state index in [1.807, 2.05) is 0 Å². The van der Waals surface area contributed by atoms with Gasteiger partial charge in [-0.15, -0.1) is 10.2 Å². The number of phenolic OH excluding ortho intramolecular Hbond substituents is 1. The van der Waals surface area contributed by atoms with Crippen LogP contribution in [0.2, 0.25) is 0 Å². The van der Waals surface area contributed by atoms with Crippen molar-refractivity contribution in [1.82, 2.24) is 30.3 Å². The number of nitrogens with one attached hydrogen (secondary N) is 1. The van der Waals surface area contributed by atoms with Gasteiger partial charge in [0.25, 0.3) is 0 Å². The van der Waals surface area contributed by atoms with Gasteiger partial charge in [-0.25, -0.2) is 18.4 Å². The van der Waals surface area contributed by atoms with Gasteiger partial charge < -0.3 is 15.3 Å². The molecule has 2 bridgehead atoms. The molecule has 0 spiro atoms. The Bertz CT molecular complexity index is 1090. The van der Waals surface area contributed by atoms with Gasteiger partial charge in [0.2, 0.25) is 5.95 Å². The van der Waals surface area contributed by atoms with Crippen molar-refractivity contribution in [1.29, 1.82) is 0 Å². The third-order valence-electron chi connectivity index (χ3n) is 6.42. The molecule has 162 valence electrons. The number of aromatic hydroxyl groups is 1. The predicted molar refractivity (Wildman–Crippen MR) is 110 cm³/mol. The summed E-state index contributed by atoms with van der Waals surface area (Å²) in [5.74, 6) is 0.268. The maximum Gasteiger partial charge on any atom is 0.245 e. The number of hydrogen-bond acceptors (Lipinski definition) is 7. The van der Waals surface area contributed by atoms with Crippen molar-refractivity contribution in [3.63, 3.8) is 0 Å². The molecular formula is C21H23F2N7O. The van der Waals surface area contributed by atoms with Crippen LogP contribution >= 0.6 is 0 Å². The Labute approximate surface area is 177 Å². The van der Waals surface area contributed by atoms with Gasteiger partial charge in [-0.1, -0.05) is 6.92 Å². The van der Waals surface area contributed by atoms with Crippen molar-refractivity contribution in [3.8, 4) is 22.7 Å². The highest BCUT2D eigenvalue weighted by atomic mass is 19.1. The van der Waals surface area contributed by atoms with Gasteiger partial charge >= 0.3 is 0 Å². The first-order valence-electron chi connectivity index (χ1n) is 10.3. The maximum absolute atomic E-state index is 15.0. The average molecular weight is 427 g/mol. The van der Waals surface area contributed by atoms with Crippen molar-refractivity contribution >= 4 is 5.95 Å². The summed E-state index contributed by atoms with van der Waals surface area (Å²) in [4.78, 5) is 6.13. The van der Waals surface area contributed by atoms with Gasteiger partial charge in [-0.2, -0.15) is 5.10 Å². The number of halogens is 2. The van der Waals surface area contributed by atoms with E-state index in [4.69, 9.17) is 0 Å². The number of hydrogen-bond donors (Lipinski definition) is 2. The highest BCUT2D eigenvalue weighted by Crippen LogP contribution is 2.36. The van der Waals surface area contributed by atoms with Gasteiger partial charge in [-0.3, -0.25) is 0 Å². The molecule has 2 fully saturated rings. The van der Waals surface area contributed by atoms with Gasteiger partial charge in [-0.05, 0) is 30.9 Å². The van der Waals surface area contributed by atoms with E-state index in [0.717, 1.165) is 12.6 Å². The summed E-state index contributed by atoms with van der Waals surface area (Å²) in [7, 11) is 1.79. The number of phenols is 1. The Hall–Kier alpha value is -3.14. The van der Waals surface area contributed by atoms with Crippen molar-refractivity contribution in [2.45, 2.75) is 44.1 Å². The summed E-state index contributed by atoms with van der Waals surface area (Å²) in [5, 5.41) is 26.0. The largest absolute Gasteiger partial charge is 0.507 e. The van der Waals surface area contributed by atoms with E-state index in [-0.39, 0.29) is 17.8 Å². The predicted octanol–water partition coefficient (Wildman–Crippen LogP) is 2.48. The third kappa shape index (κ3) is 3.50. The number of aromatic nitrogens is 5. The van der Waals surface area contributed by atoms with Gasteiger partial charge in [0.15, 0.2) is 5.82 Å². The highest BCUT2D eigenvalue weighted by molar-refractivity contribution is 5.68. The molecule has 3 aromatic rings. The Morgan fingerprint density at radius 1 is 1.19 bits per heavy atom. The van der Waals surface area contributed by atoms with E-state index in [1.54, 1.807) is 24.1 Å². The van der Waals surface area contributed by atoms with Crippen molar-refractivity contribution in [3.05, 3.63) is 42.6 Å². The summed E-state index contributed by atoms with van der Waals surface area (Å²) >= 11 is 0. The Morgan fingerprint density at radius 3 is 2.71 bits per heavy atom. The summed E-state index contributed by atoms with van der Waals surface area (Å²) < 4.78 is 29.5. The second kappa shape index (κ2) is 7.52. The normalized spacial score (nSPS) is 27.4. The van der Waals surface area contributed by atoms with Crippen LogP contribution in [0.25, 0.3) is 16.9 Å². The van der Waals surface area contributed by atoms with E-state index in [1.165, 1.54) is 23.1 Å². The number of nitrogens with zero attached hydrogens (tertiary/aromatic N) is 6. The third-order valence-corrected chi connectivity index (χ3v) is 6.42. The number of rotatable bonds is 4. The van der Waals surface area contributed by atoms with Crippen LogP contribution in [0.5, 0.6) is 5.75 Å². The van der Waals surface area contributed by atoms with Crippen LogP contribution in [0.4, 0.5) is 14.7 Å². The van der Waals surface area contributed by atoms with Gasteiger partial charge in [0.05, 0.1) is 30.3 Å². The second-order valence-electron chi connectivity index (χ2n) is 8.40. The van der Waals surface area contributed by atoms with Crippen LogP contribution in [-0.2, 0) is 0 Å². The standard InChI is InChI=1S/C21H23F2N7O/c1-11-5-16-20(23)18(7-15(11)26-16)29(2)21-24-9-17(27-28-21)14-4-3-13(6-19(14)31)30-10-12(22)8-25-30/h3-4,6,8-11,15-16,18,20,26,31H,5,7H2,1-2H3/t11?,15?,16?,18-,20+/m0/s1. The monoisotopic (exact) mass is 427 g/mol. The fourth-order valence-electron chi connectivity index (χ4n) is 4.65. The first kappa shape index (κ1) is 19.8. The molecule has 2 aliphatic rings. The summed E-state index contributed by atoms with van der Waals surface area (Å²) in [5.41, 5.74) is 1.32. The summed E-state index contributed by atoms with van der Waals surface area (Å²) in [6.45, 7) is 2.15. The molecule has 0 aliphatic carbocycles. The minimum atomic E-state index is -1.00. The van der Waals surface area contributed by atoms with Crippen LogP contribution in [0.15, 0.2) is 36.8 Å². The maximum atomic E-state index is 15.0. The second-order valence-corrected chi connectivity index (χ2v) is 8.40. The van der Waals surface area contributed by atoms with E-state index in [0.29, 0.717) is 41.3 Å². The topological polar surface area (TPSA) is 92.0 Å². The van der Waals surface area contributed by atoms with E-state index >= 15 is 0 Å². The molecule has 31 heavy (non-hydrogen) atoms. The van der Waals surface area contributed by atoms with Crippen LogP contribution in [0, 0.1) is 11.7 Å². The number of fused-ring (bicyclic) bond motifs is 2. The molecular weight excluding hydrogens is 404 g/mol. The molecule has 8 nitrogen and oxygen atoms in total. The number of alkyl halides is 1. The van der Waals surface area contributed by atoms with Crippen molar-refractivity contribution in [2.24, 2.45) is 5.92 Å². The van der Waals surface area contributed by atoms with E-state index in [9.17, 15) is 13.9 Å². The van der Waals surface area contributed by atoms with Gasteiger partial charge in [0, 0.05) is 30.8 Å². The Balaban J connectivity index is 1.35. The quantitative estimate of drug-likeness (QED) is 0.661. The molecule has 5 rings (SSSR count). The molecule has 4 heterocycles. The molecule has 2 aliphatic heterocycles. The SMILES string of the molecule is CC1CC2NC1C[C@H](N(C)c1ncc(-c3ccc(-n4cc(F)cn4)cc3O)nn1)[C@@H]2F. The molecule has 2 N–H and O–H groups in total. The van der Waals surface area contributed by atoms with Crippen molar-refractivity contribution < 1.29 is 13.9 Å². The van der Waals surface area contributed by atoms with Crippen LogP contribution < -0.4 is 10.2 Å². The van der Waals surface area contributed by atoms with Crippen LogP contribution in [-0.4, -0.2) is 61.4 Å². The molecule has 5 atom stereocenters. The summed E-state index contributed by atoms with van der Waals surface area (Å²) in [6, 6.07) is 4.65. The molecule has 0 saturated carbocycles. The minimum absolute atomic E-state index is 0.0571. The molecule has 2 aromatic heterocycles. The zero-order valence-electron chi connectivity index (χ0n) is 17.2. The molecule has 0 radical (unpaired) electrons. The molecule has 2 saturated heterocycles. The lowest BCUT2D eigenvalue weighted by Crippen LogP contribution is -2.56. The summed E-state index contributed by atoms with van der Waals surface area (Å²) in [6.07, 6.45) is 4.34. The van der Waals surface area contributed by atoms with Crippen molar-refractivity contribution in [2.75, 3.05) is 11.9 Å². The molecule has 0 amide bonds. The number of benzene rings is 1. The lowest BCUT2D eigenvalue weighted by Gasteiger charge is -2.38. The zero-order chi connectivity index (χ0) is 21.7. The van der Waals surface area contributed by atoms with Gasteiger partial charge in [0.1, 0.15) is 17.6 Å². The molecule has 10 heteroatoms. The fourth-order valence-corrected chi connectivity index (χ4v) is 4.65. The first-order valence-corrected chi connectivity index (χ1v) is 10.3. The van der Waals surface area contributed by atoms with Crippen LogP contribution in [0.3, 0.4) is 0 Å². The first-order chi connectivity index (χ1) is 14.9. The lowest BCUT2D eigenvalue weighted by atomic mass is 9.95. The zero-order valence-corrected chi connectivity index (χ0v) is 17.2. The lowest BCUT2D eigenvalue weighted by molar-refractivity contribution is 0.174. The Kier molecular flexibility index (Phi) is 4.81. The molecule has 3 unspecified atom stereocenters. The van der Waals surface area contributed by atoms with E-state index < -0.39 is 12.0 Å². The number of piperidine rings is 1. The Morgan fingerprint density at radius 2 is 2.03 bits per heavy atom. The average Bonchev–Trinajstić information content (AvgIpc) is 3.34. The molecule has 1 aromatic carbocycles. The minimum Gasteiger partial charge on any atom is -0.507 e.